The van der Waals surface area contributed by atoms with Crippen molar-refractivity contribution < 1.29 is 13.2 Å². The summed E-state index contributed by atoms with van der Waals surface area (Å²) in [5.74, 6) is -1.65. The lowest BCUT2D eigenvalue weighted by atomic mass is 10.0. The molecule has 0 saturated carbocycles. The number of halogens is 5. The monoisotopic (exact) mass is 348 g/mol. The average molecular weight is 350 g/mol. The second-order valence-corrected chi connectivity index (χ2v) is 5.45. The number of alkyl halides is 1. The topological polar surface area (TPSA) is 0 Å². The predicted molar refractivity (Wildman–Crippen MR) is 72.9 cm³/mol. The van der Waals surface area contributed by atoms with Gasteiger partial charge in [-0.05, 0) is 58.2 Å². The molecule has 5 heteroatoms. The molecular formula is C14H9BrClF3. The van der Waals surface area contributed by atoms with Gasteiger partial charge in [-0.1, -0.05) is 6.07 Å². The molecule has 1 atom stereocenters. The number of aryl methyl sites for hydroxylation is 1. The zero-order valence-corrected chi connectivity index (χ0v) is 12.2. The summed E-state index contributed by atoms with van der Waals surface area (Å²) in [5, 5.41) is -0.947. The Hall–Kier alpha value is -1.00. The van der Waals surface area contributed by atoms with E-state index in [1.165, 1.54) is 19.1 Å². The maximum atomic E-state index is 13.8. The number of rotatable bonds is 2. The standard InChI is InChI=1S/C14H9BrClF3/c1-7-4-12(18)9(6-11(7)17)14(16)8-2-3-10(15)13(19)5-8/h2-6,14H,1H3. The summed E-state index contributed by atoms with van der Waals surface area (Å²) in [6.07, 6.45) is 0. The molecule has 0 aliphatic heterocycles. The van der Waals surface area contributed by atoms with Gasteiger partial charge in [-0.15, -0.1) is 11.6 Å². The zero-order valence-electron chi connectivity index (χ0n) is 9.85. The van der Waals surface area contributed by atoms with Gasteiger partial charge in [0.15, 0.2) is 0 Å². The Balaban J connectivity index is 2.46. The van der Waals surface area contributed by atoms with Crippen molar-refractivity contribution in [3.8, 4) is 0 Å². The van der Waals surface area contributed by atoms with Gasteiger partial charge < -0.3 is 0 Å². The minimum absolute atomic E-state index is 0.00788. The van der Waals surface area contributed by atoms with Crippen LogP contribution in [0.2, 0.25) is 0 Å². The first-order chi connectivity index (χ1) is 8.90. The molecule has 0 saturated heterocycles. The second kappa shape index (κ2) is 5.55. The molecule has 0 aromatic heterocycles. The van der Waals surface area contributed by atoms with Crippen LogP contribution in [0, 0.1) is 24.4 Å². The van der Waals surface area contributed by atoms with E-state index in [0.717, 1.165) is 12.1 Å². The first-order valence-corrected chi connectivity index (χ1v) is 6.67. The largest absolute Gasteiger partial charge is 0.207 e. The summed E-state index contributed by atoms with van der Waals surface area (Å²) >= 11 is 9.12. The van der Waals surface area contributed by atoms with Crippen LogP contribution in [0.3, 0.4) is 0 Å². The predicted octanol–water partition coefficient (Wildman–Crippen LogP) is 5.50. The quantitative estimate of drug-likeness (QED) is 0.628. The number of benzene rings is 2. The summed E-state index contributed by atoms with van der Waals surface area (Å²) in [6.45, 7) is 1.46. The van der Waals surface area contributed by atoms with Gasteiger partial charge in [0.05, 0.1) is 9.85 Å². The molecule has 0 N–H and O–H groups in total. The van der Waals surface area contributed by atoms with Crippen molar-refractivity contribution in [3.05, 3.63) is 68.9 Å². The Morgan fingerprint density at radius 2 is 1.68 bits per heavy atom. The molecule has 0 spiro atoms. The van der Waals surface area contributed by atoms with Gasteiger partial charge in [-0.25, -0.2) is 13.2 Å². The molecule has 0 radical (unpaired) electrons. The van der Waals surface area contributed by atoms with Crippen molar-refractivity contribution in [1.82, 2.24) is 0 Å². The van der Waals surface area contributed by atoms with E-state index in [9.17, 15) is 13.2 Å². The van der Waals surface area contributed by atoms with E-state index in [0.29, 0.717) is 5.56 Å². The smallest absolute Gasteiger partial charge is 0.137 e. The minimum Gasteiger partial charge on any atom is -0.207 e. The molecule has 2 aromatic rings. The van der Waals surface area contributed by atoms with E-state index in [1.54, 1.807) is 6.07 Å². The molecule has 0 aliphatic carbocycles. The summed E-state index contributed by atoms with van der Waals surface area (Å²) in [5.41, 5.74) is 0.558. The van der Waals surface area contributed by atoms with Crippen molar-refractivity contribution in [2.45, 2.75) is 12.3 Å². The molecule has 100 valence electrons. The van der Waals surface area contributed by atoms with Crippen molar-refractivity contribution in [2.75, 3.05) is 0 Å². The van der Waals surface area contributed by atoms with E-state index in [-0.39, 0.29) is 15.6 Å². The Labute approximate surface area is 122 Å². The van der Waals surface area contributed by atoms with Gasteiger partial charge in [0.2, 0.25) is 0 Å². The zero-order chi connectivity index (χ0) is 14.2. The Bertz CT molecular complexity index is 628. The molecule has 0 amide bonds. The SMILES string of the molecule is Cc1cc(F)c(C(Cl)c2ccc(Br)c(F)c2)cc1F. The summed E-state index contributed by atoms with van der Waals surface area (Å²) in [6, 6.07) is 6.35. The number of hydrogen-bond acceptors (Lipinski definition) is 0. The van der Waals surface area contributed by atoms with Gasteiger partial charge >= 0.3 is 0 Å². The van der Waals surface area contributed by atoms with Crippen molar-refractivity contribution >= 4 is 27.5 Å². The van der Waals surface area contributed by atoms with E-state index < -0.39 is 22.8 Å². The van der Waals surface area contributed by atoms with Crippen LogP contribution in [0.25, 0.3) is 0 Å². The molecular weight excluding hydrogens is 341 g/mol. The van der Waals surface area contributed by atoms with Gasteiger partial charge in [0, 0.05) is 5.56 Å². The van der Waals surface area contributed by atoms with Gasteiger partial charge in [0.25, 0.3) is 0 Å². The van der Waals surface area contributed by atoms with Crippen LogP contribution in [-0.2, 0) is 0 Å². The Morgan fingerprint density at radius 1 is 1.00 bits per heavy atom. The summed E-state index contributed by atoms with van der Waals surface area (Å²) in [4.78, 5) is 0. The third-order valence-electron chi connectivity index (χ3n) is 2.79. The lowest BCUT2D eigenvalue weighted by molar-refractivity contribution is 0.579. The molecule has 2 aromatic carbocycles. The van der Waals surface area contributed by atoms with Gasteiger partial charge in [-0.2, -0.15) is 0 Å². The van der Waals surface area contributed by atoms with E-state index in [4.69, 9.17) is 11.6 Å². The van der Waals surface area contributed by atoms with Crippen LogP contribution in [0.5, 0.6) is 0 Å². The lowest BCUT2D eigenvalue weighted by Gasteiger charge is -2.13. The summed E-state index contributed by atoms with van der Waals surface area (Å²) in [7, 11) is 0. The van der Waals surface area contributed by atoms with Crippen LogP contribution in [0.4, 0.5) is 13.2 Å². The highest BCUT2D eigenvalue weighted by atomic mass is 79.9. The molecule has 1 unspecified atom stereocenters. The van der Waals surface area contributed by atoms with Crippen LogP contribution in [-0.4, -0.2) is 0 Å². The van der Waals surface area contributed by atoms with E-state index >= 15 is 0 Å². The fourth-order valence-corrected chi connectivity index (χ4v) is 2.26. The highest BCUT2D eigenvalue weighted by Gasteiger charge is 2.18. The molecule has 0 nitrogen and oxygen atoms in total. The van der Waals surface area contributed by atoms with Gasteiger partial charge in [-0.3, -0.25) is 0 Å². The molecule has 0 bridgehead atoms. The van der Waals surface area contributed by atoms with Crippen molar-refractivity contribution in [1.29, 1.82) is 0 Å². The summed E-state index contributed by atoms with van der Waals surface area (Å²) < 4.78 is 41.0. The molecule has 0 aliphatic rings. The maximum absolute atomic E-state index is 13.8. The van der Waals surface area contributed by atoms with Crippen LogP contribution in [0.15, 0.2) is 34.8 Å². The van der Waals surface area contributed by atoms with Gasteiger partial charge in [0.1, 0.15) is 17.5 Å². The lowest BCUT2D eigenvalue weighted by Crippen LogP contribution is -2.00. The first-order valence-electron chi connectivity index (χ1n) is 5.44. The van der Waals surface area contributed by atoms with E-state index in [2.05, 4.69) is 15.9 Å². The Kier molecular flexibility index (Phi) is 4.21. The highest BCUT2D eigenvalue weighted by Crippen LogP contribution is 2.33. The third-order valence-corrected chi connectivity index (χ3v) is 3.92. The minimum atomic E-state index is -0.947. The molecule has 2 rings (SSSR count). The second-order valence-electron chi connectivity index (χ2n) is 4.16. The normalized spacial score (nSPS) is 12.5. The Morgan fingerprint density at radius 3 is 2.32 bits per heavy atom. The van der Waals surface area contributed by atoms with Crippen molar-refractivity contribution in [3.63, 3.8) is 0 Å². The highest BCUT2D eigenvalue weighted by molar-refractivity contribution is 9.10. The van der Waals surface area contributed by atoms with Crippen molar-refractivity contribution in [2.24, 2.45) is 0 Å². The maximum Gasteiger partial charge on any atom is 0.137 e. The average Bonchev–Trinajstić information content (AvgIpc) is 2.36. The number of hydrogen-bond donors (Lipinski definition) is 0. The molecule has 19 heavy (non-hydrogen) atoms. The fraction of sp³-hybridized carbons (Fsp3) is 0.143. The van der Waals surface area contributed by atoms with E-state index in [1.807, 2.05) is 0 Å². The van der Waals surface area contributed by atoms with Crippen LogP contribution in [0.1, 0.15) is 22.1 Å². The molecule has 0 heterocycles. The third kappa shape index (κ3) is 2.95. The fourth-order valence-electron chi connectivity index (χ4n) is 1.71. The first kappa shape index (κ1) is 14.4. The molecule has 0 fully saturated rings. The van der Waals surface area contributed by atoms with Crippen LogP contribution < -0.4 is 0 Å². The van der Waals surface area contributed by atoms with Crippen LogP contribution >= 0.6 is 27.5 Å².